The lowest BCUT2D eigenvalue weighted by Gasteiger charge is -2.35. The Morgan fingerprint density at radius 2 is 1.88 bits per heavy atom. The molecular weight excluding hydrogens is 348 g/mol. The fourth-order valence-corrected chi connectivity index (χ4v) is 4.81. The van der Waals surface area contributed by atoms with Crippen LogP contribution in [0.5, 0.6) is 0 Å². The Hall–Kier alpha value is -1.95. The first-order valence-electron chi connectivity index (χ1n) is 9.21. The monoisotopic (exact) mass is 374 g/mol. The van der Waals surface area contributed by atoms with Crippen molar-refractivity contribution < 1.29 is 13.2 Å². The van der Waals surface area contributed by atoms with E-state index in [1.165, 1.54) is 13.0 Å². The summed E-state index contributed by atoms with van der Waals surface area (Å²) in [5.41, 5.74) is 0.607. The molecule has 0 bridgehead atoms. The number of para-hydroxylation sites is 1. The van der Waals surface area contributed by atoms with Crippen LogP contribution in [-0.2, 0) is 14.6 Å². The molecule has 1 heterocycles. The van der Waals surface area contributed by atoms with E-state index in [-0.39, 0.29) is 11.1 Å². The van der Waals surface area contributed by atoms with Crippen LogP contribution in [0.15, 0.2) is 41.4 Å². The number of hydrogen-bond donors (Lipinski definition) is 1. The summed E-state index contributed by atoms with van der Waals surface area (Å²) in [4.78, 5) is 16.9. The Labute approximate surface area is 155 Å². The third-order valence-corrected chi connectivity index (χ3v) is 7.69. The number of rotatable bonds is 4. The lowest BCUT2D eigenvalue weighted by molar-refractivity contribution is -0.121. The molecule has 140 valence electrons. The van der Waals surface area contributed by atoms with E-state index < -0.39 is 21.0 Å². The average molecular weight is 375 g/mol. The van der Waals surface area contributed by atoms with Gasteiger partial charge in [-0.25, -0.2) is 13.4 Å². The second-order valence-electron chi connectivity index (χ2n) is 7.41. The standard InChI is InChI=1S/C20H26N2O3S/c1-13-7-6-10-17(14(13)2)22-20(23)15(3)26(24,25)19-12-11-16-8-4-5-9-18(16)21-19/h4-5,8-9,11-15,17H,6-7,10H2,1-3H3,(H,22,23)/t13-,14-,15+,17+/m1/s1. The number of sulfone groups is 1. The zero-order chi connectivity index (χ0) is 18.9. The van der Waals surface area contributed by atoms with Crippen LogP contribution in [0.3, 0.4) is 0 Å². The molecule has 5 nitrogen and oxygen atoms in total. The molecular formula is C20H26N2O3S. The fraction of sp³-hybridized carbons (Fsp3) is 0.500. The number of aromatic nitrogens is 1. The number of nitrogens with one attached hydrogen (secondary N) is 1. The van der Waals surface area contributed by atoms with Crippen LogP contribution in [-0.4, -0.2) is 30.6 Å². The number of nitrogens with zero attached hydrogens (tertiary/aromatic N) is 1. The van der Waals surface area contributed by atoms with E-state index in [0.29, 0.717) is 17.4 Å². The molecule has 0 aliphatic heterocycles. The predicted octanol–water partition coefficient (Wildman–Crippen LogP) is 3.34. The van der Waals surface area contributed by atoms with Gasteiger partial charge in [-0.05, 0) is 43.4 Å². The van der Waals surface area contributed by atoms with Gasteiger partial charge in [-0.15, -0.1) is 0 Å². The molecule has 0 radical (unpaired) electrons. The molecule has 4 atom stereocenters. The van der Waals surface area contributed by atoms with Crippen LogP contribution in [0, 0.1) is 11.8 Å². The van der Waals surface area contributed by atoms with Gasteiger partial charge in [0, 0.05) is 11.4 Å². The van der Waals surface area contributed by atoms with Crippen molar-refractivity contribution in [2.75, 3.05) is 0 Å². The number of fused-ring (bicyclic) bond motifs is 1. The summed E-state index contributed by atoms with van der Waals surface area (Å²) in [5.74, 6) is 0.440. The molecule has 0 unspecified atom stereocenters. The SMILES string of the molecule is C[C@@H]1[C@H](C)CCC[C@@H]1NC(=O)[C@H](C)S(=O)(=O)c1ccc2ccccc2n1. The largest absolute Gasteiger partial charge is 0.352 e. The second-order valence-corrected chi connectivity index (χ2v) is 9.63. The van der Waals surface area contributed by atoms with Crippen LogP contribution >= 0.6 is 0 Å². The van der Waals surface area contributed by atoms with Crippen molar-refractivity contribution in [1.29, 1.82) is 0 Å². The van der Waals surface area contributed by atoms with Crippen LogP contribution < -0.4 is 5.32 Å². The van der Waals surface area contributed by atoms with E-state index in [4.69, 9.17) is 0 Å². The van der Waals surface area contributed by atoms with Crippen molar-refractivity contribution in [3.8, 4) is 0 Å². The van der Waals surface area contributed by atoms with Gasteiger partial charge in [0.25, 0.3) is 0 Å². The minimum absolute atomic E-state index is 0.0356. The van der Waals surface area contributed by atoms with E-state index in [2.05, 4.69) is 24.1 Å². The van der Waals surface area contributed by atoms with E-state index in [1.807, 2.05) is 18.2 Å². The van der Waals surface area contributed by atoms with Gasteiger partial charge in [0.2, 0.25) is 15.7 Å². The van der Waals surface area contributed by atoms with E-state index in [0.717, 1.165) is 24.6 Å². The summed E-state index contributed by atoms with van der Waals surface area (Å²) in [6, 6.07) is 10.6. The molecule has 2 aromatic rings. The molecule has 1 aromatic carbocycles. The molecule has 1 aliphatic carbocycles. The van der Waals surface area contributed by atoms with Crippen molar-refractivity contribution in [3.63, 3.8) is 0 Å². The van der Waals surface area contributed by atoms with Gasteiger partial charge in [-0.2, -0.15) is 0 Å². The summed E-state index contributed by atoms with van der Waals surface area (Å²) in [7, 11) is -3.83. The molecule has 0 spiro atoms. The zero-order valence-electron chi connectivity index (χ0n) is 15.5. The van der Waals surface area contributed by atoms with Crippen molar-refractivity contribution in [2.45, 2.75) is 56.4 Å². The van der Waals surface area contributed by atoms with Crippen molar-refractivity contribution >= 4 is 26.6 Å². The number of pyridine rings is 1. The number of hydrogen-bond acceptors (Lipinski definition) is 4. The predicted molar refractivity (Wildman–Crippen MR) is 103 cm³/mol. The summed E-state index contributed by atoms with van der Waals surface area (Å²) >= 11 is 0. The number of benzene rings is 1. The van der Waals surface area contributed by atoms with Crippen molar-refractivity contribution in [2.24, 2.45) is 11.8 Å². The first-order chi connectivity index (χ1) is 12.3. The van der Waals surface area contributed by atoms with Crippen LogP contribution in [0.2, 0.25) is 0 Å². The molecule has 26 heavy (non-hydrogen) atoms. The third-order valence-electron chi connectivity index (χ3n) is 5.73. The number of carbonyl (C=O) groups is 1. The van der Waals surface area contributed by atoms with Crippen molar-refractivity contribution in [1.82, 2.24) is 10.3 Å². The summed E-state index contributed by atoms with van der Waals surface area (Å²) < 4.78 is 25.8. The molecule has 1 saturated carbocycles. The van der Waals surface area contributed by atoms with Gasteiger partial charge in [0.15, 0.2) is 5.03 Å². The molecule has 1 aliphatic rings. The lowest BCUT2D eigenvalue weighted by Crippen LogP contribution is -2.48. The minimum atomic E-state index is -3.83. The van der Waals surface area contributed by atoms with Gasteiger partial charge in [0.05, 0.1) is 5.52 Å². The van der Waals surface area contributed by atoms with E-state index in [1.54, 1.807) is 12.1 Å². The van der Waals surface area contributed by atoms with Gasteiger partial charge in [-0.1, -0.05) is 44.9 Å². The first-order valence-corrected chi connectivity index (χ1v) is 10.8. The summed E-state index contributed by atoms with van der Waals surface area (Å²) in [5, 5.41) is 2.62. The van der Waals surface area contributed by atoms with Gasteiger partial charge in [-0.3, -0.25) is 4.79 Å². The summed E-state index contributed by atoms with van der Waals surface area (Å²) in [6.07, 6.45) is 3.12. The minimum Gasteiger partial charge on any atom is -0.352 e. The Kier molecular flexibility index (Phi) is 5.32. The lowest BCUT2D eigenvalue weighted by atomic mass is 9.78. The van der Waals surface area contributed by atoms with Gasteiger partial charge in [0.1, 0.15) is 5.25 Å². The second kappa shape index (κ2) is 7.35. The quantitative estimate of drug-likeness (QED) is 0.890. The molecule has 3 rings (SSSR count). The maximum absolute atomic E-state index is 12.9. The maximum atomic E-state index is 12.9. The molecule has 1 amide bonds. The molecule has 1 N–H and O–H groups in total. The van der Waals surface area contributed by atoms with Crippen LogP contribution in [0.1, 0.15) is 40.0 Å². The van der Waals surface area contributed by atoms with Gasteiger partial charge >= 0.3 is 0 Å². The Morgan fingerprint density at radius 3 is 2.65 bits per heavy atom. The third kappa shape index (κ3) is 3.61. The number of carbonyl (C=O) groups excluding carboxylic acids is 1. The van der Waals surface area contributed by atoms with Crippen LogP contribution in [0.4, 0.5) is 0 Å². The molecule has 1 fully saturated rings. The highest BCUT2D eigenvalue weighted by atomic mass is 32.2. The number of amides is 1. The zero-order valence-corrected chi connectivity index (χ0v) is 16.3. The summed E-state index contributed by atoms with van der Waals surface area (Å²) in [6.45, 7) is 5.75. The Balaban J connectivity index is 1.80. The normalized spacial score (nSPS) is 25.0. The van der Waals surface area contributed by atoms with E-state index in [9.17, 15) is 13.2 Å². The highest BCUT2D eigenvalue weighted by Gasteiger charge is 2.34. The molecule has 0 saturated heterocycles. The molecule has 6 heteroatoms. The smallest absolute Gasteiger partial charge is 0.238 e. The van der Waals surface area contributed by atoms with E-state index >= 15 is 0 Å². The highest BCUT2D eigenvalue weighted by molar-refractivity contribution is 7.92. The first kappa shape index (κ1) is 18.8. The Bertz CT molecular complexity index is 910. The molecule has 1 aromatic heterocycles. The highest BCUT2D eigenvalue weighted by Crippen LogP contribution is 2.29. The van der Waals surface area contributed by atoms with Crippen LogP contribution in [0.25, 0.3) is 10.9 Å². The topological polar surface area (TPSA) is 76.1 Å². The Morgan fingerprint density at radius 1 is 1.15 bits per heavy atom. The van der Waals surface area contributed by atoms with Crippen molar-refractivity contribution in [3.05, 3.63) is 36.4 Å². The fourth-order valence-electron chi connectivity index (χ4n) is 3.61. The maximum Gasteiger partial charge on any atom is 0.238 e. The average Bonchev–Trinajstić information content (AvgIpc) is 2.64. The van der Waals surface area contributed by atoms with Gasteiger partial charge < -0.3 is 5.32 Å².